The lowest BCUT2D eigenvalue weighted by Crippen LogP contribution is -2.49. The smallest absolute Gasteiger partial charge is 0.281 e. The topological polar surface area (TPSA) is 57.6 Å². The van der Waals surface area contributed by atoms with Gasteiger partial charge >= 0.3 is 0 Å². The van der Waals surface area contributed by atoms with Crippen LogP contribution in [-0.4, -0.2) is 26.8 Å². The van der Waals surface area contributed by atoms with Crippen LogP contribution >= 0.6 is 34.8 Å². The summed E-state index contributed by atoms with van der Waals surface area (Å²) in [5.41, 5.74) is 1.80. The maximum Gasteiger partial charge on any atom is 0.281 e. The van der Waals surface area contributed by atoms with Gasteiger partial charge in [-0.05, 0) is 11.6 Å². The zero-order chi connectivity index (χ0) is 16.8. The molecule has 118 valence electrons. The Balaban J connectivity index is 2.30. The number of hydrogen-bond acceptors (Lipinski definition) is 3. The highest BCUT2D eigenvalue weighted by atomic mass is 35.6. The number of para-hydroxylation sites is 1. The molecule has 0 unspecified atom stereocenters. The van der Waals surface area contributed by atoms with Crippen molar-refractivity contribution in [3.63, 3.8) is 0 Å². The normalized spacial score (nSPS) is 17.3. The van der Waals surface area contributed by atoms with Gasteiger partial charge in [0.2, 0.25) is 5.78 Å². The van der Waals surface area contributed by atoms with Crippen molar-refractivity contribution in [3.05, 3.63) is 54.1 Å². The lowest BCUT2D eigenvalue weighted by Gasteiger charge is -2.29. The first kappa shape index (κ1) is 16.3. The Bertz CT molecular complexity index is 801. The van der Waals surface area contributed by atoms with Crippen molar-refractivity contribution in [1.82, 2.24) is 0 Å². The molecule has 0 spiro atoms. The summed E-state index contributed by atoms with van der Waals surface area (Å²) in [6, 6.07) is 13.5. The highest BCUT2D eigenvalue weighted by Gasteiger charge is 2.43. The van der Waals surface area contributed by atoms with Crippen LogP contribution in [0.1, 0.15) is 10.4 Å². The van der Waals surface area contributed by atoms with Crippen LogP contribution in [0.15, 0.2) is 48.5 Å². The number of ketones is 1. The number of benzene rings is 2. The molecular weight excluding hydrogens is 361 g/mol. The van der Waals surface area contributed by atoms with Gasteiger partial charge in [-0.15, -0.1) is 0 Å². The van der Waals surface area contributed by atoms with Crippen LogP contribution in [0.25, 0.3) is 11.1 Å². The Morgan fingerprint density at radius 2 is 1.48 bits per heavy atom. The molecule has 7 heteroatoms. The zero-order valence-corrected chi connectivity index (χ0v) is 13.8. The molecule has 0 saturated heterocycles. The molecule has 1 aliphatic heterocycles. The van der Waals surface area contributed by atoms with Gasteiger partial charge in [0.15, 0.2) is 6.23 Å². The SMILES string of the molecule is O=C1c2ccccc2-c2ccccc2N(C(=O)C(Cl)(Cl)Cl)[C@H]1O. The van der Waals surface area contributed by atoms with Gasteiger partial charge < -0.3 is 5.11 Å². The molecule has 0 aromatic heterocycles. The Hall–Kier alpha value is -1.59. The van der Waals surface area contributed by atoms with Gasteiger partial charge in [-0.3, -0.25) is 14.5 Å². The number of fused-ring (bicyclic) bond motifs is 3. The first-order valence-corrected chi connectivity index (χ1v) is 7.77. The average Bonchev–Trinajstić information content (AvgIpc) is 2.62. The molecule has 1 aliphatic rings. The molecule has 0 bridgehead atoms. The molecule has 1 heterocycles. The van der Waals surface area contributed by atoms with Crippen LogP contribution in [-0.2, 0) is 4.79 Å². The molecule has 3 rings (SSSR count). The van der Waals surface area contributed by atoms with Crippen LogP contribution in [0, 0.1) is 0 Å². The molecular formula is C16H10Cl3NO3. The van der Waals surface area contributed by atoms with Gasteiger partial charge in [0.05, 0.1) is 5.69 Å². The predicted molar refractivity (Wildman–Crippen MR) is 90.0 cm³/mol. The summed E-state index contributed by atoms with van der Waals surface area (Å²) in [6.07, 6.45) is -1.78. The first-order chi connectivity index (χ1) is 10.8. The standard InChI is InChI=1S/C16H10Cl3NO3/c17-16(18,19)15(23)20-12-8-4-3-6-10(12)9-5-1-2-7-11(9)13(21)14(20)22/h1-8,14,22H/t14-/m0/s1. The third-order valence-electron chi connectivity index (χ3n) is 3.59. The second-order valence-electron chi connectivity index (χ2n) is 4.97. The Morgan fingerprint density at radius 3 is 2.09 bits per heavy atom. The Morgan fingerprint density at radius 1 is 0.957 bits per heavy atom. The maximum atomic E-state index is 12.6. The molecule has 0 aliphatic carbocycles. The molecule has 0 saturated carbocycles. The van der Waals surface area contributed by atoms with E-state index in [1.165, 1.54) is 0 Å². The number of nitrogens with zero attached hydrogens (tertiary/aromatic N) is 1. The van der Waals surface area contributed by atoms with Gasteiger partial charge in [0.25, 0.3) is 9.70 Å². The number of alkyl halides is 3. The molecule has 0 fully saturated rings. The van der Waals surface area contributed by atoms with Crippen molar-refractivity contribution >= 4 is 52.2 Å². The summed E-state index contributed by atoms with van der Waals surface area (Å²) in [7, 11) is 0. The summed E-state index contributed by atoms with van der Waals surface area (Å²) < 4.78 is -2.30. The highest BCUT2D eigenvalue weighted by Crippen LogP contribution is 2.40. The summed E-state index contributed by atoms with van der Waals surface area (Å²) in [5, 5.41) is 10.4. The van der Waals surface area contributed by atoms with E-state index in [1.807, 2.05) is 0 Å². The number of Topliss-reactive ketones (excluding diaryl/α,β-unsaturated/α-hetero) is 1. The zero-order valence-electron chi connectivity index (χ0n) is 11.5. The van der Waals surface area contributed by atoms with Crippen LogP contribution in [0.4, 0.5) is 5.69 Å². The summed E-state index contributed by atoms with van der Waals surface area (Å²) in [6.45, 7) is 0. The number of aliphatic hydroxyl groups excluding tert-OH is 1. The number of carbonyl (C=O) groups excluding carboxylic acids is 2. The lowest BCUT2D eigenvalue weighted by atomic mass is 9.97. The van der Waals surface area contributed by atoms with Crippen molar-refractivity contribution in [3.8, 4) is 11.1 Å². The number of aliphatic hydroxyl groups is 1. The van der Waals surface area contributed by atoms with Crippen LogP contribution in [0.5, 0.6) is 0 Å². The molecule has 2 aromatic carbocycles. The van der Waals surface area contributed by atoms with E-state index in [-0.39, 0.29) is 0 Å². The number of rotatable bonds is 0. The predicted octanol–water partition coefficient (Wildman–Crippen LogP) is 3.57. The van der Waals surface area contributed by atoms with E-state index in [4.69, 9.17) is 34.8 Å². The quantitative estimate of drug-likeness (QED) is 0.721. The van der Waals surface area contributed by atoms with E-state index in [1.54, 1.807) is 48.5 Å². The summed E-state index contributed by atoms with van der Waals surface area (Å²) in [4.78, 5) is 25.9. The van der Waals surface area contributed by atoms with Crippen molar-refractivity contribution in [2.24, 2.45) is 0 Å². The fraction of sp³-hybridized carbons (Fsp3) is 0.125. The molecule has 1 amide bonds. The molecule has 1 N–H and O–H groups in total. The number of hydrogen-bond donors (Lipinski definition) is 1. The van der Waals surface area contributed by atoms with E-state index >= 15 is 0 Å². The van der Waals surface area contributed by atoms with E-state index in [2.05, 4.69) is 0 Å². The van der Waals surface area contributed by atoms with Crippen LogP contribution in [0.2, 0.25) is 0 Å². The van der Waals surface area contributed by atoms with Gasteiger partial charge in [-0.25, -0.2) is 0 Å². The molecule has 0 radical (unpaired) electrons. The van der Waals surface area contributed by atoms with Crippen LogP contribution < -0.4 is 4.90 Å². The first-order valence-electron chi connectivity index (χ1n) is 6.63. The third kappa shape index (κ3) is 2.72. The number of halogens is 3. The number of amides is 1. The minimum Gasteiger partial charge on any atom is -0.366 e. The second kappa shape index (κ2) is 5.80. The number of carbonyl (C=O) groups is 2. The van der Waals surface area contributed by atoms with E-state index in [9.17, 15) is 14.7 Å². The molecule has 4 nitrogen and oxygen atoms in total. The average molecular weight is 371 g/mol. The number of anilines is 1. The molecule has 23 heavy (non-hydrogen) atoms. The maximum absolute atomic E-state index is 12.6. The van der Waals surface area contributed by atoms with Crippen LogP contribution in [0.3, 0.4) is 0 Å². The van der Waals surface area contributed by atoms with Crippen molar-refractivity contribution < 1.29 is 14.7 Å². The van der Waals surface area contributed by atoms with Gasteiger partial charge in [0, 0.05) is 11.1 Å². The highest BCUT2D eigenvalue weighted by molar-refractivity contribution is 6.77. The monoisotopic (exact) mass is 369 g/mol. The van der Waals surface area contributed by atoms with E-state index < -0.39 is 21.7 Å². The second-order valence-corrected chi connectivity index (χ2v) is 7.25. The summed E-state index contributed by atoms with van der Waals surface area (Å²) >= 11 is 17.0. The van der Waals surface area contributed by atoms with Gasteiger partial charge in [0.1, 0.15) is 0 Å². The van der Waals surface area contributed by atoms with E-state index in [0.717, 1.165) is 4.90 Å². The molecule has 1 atom stereocenters. The lowest BCUT2D eigenvalue weighted by molar-refractivity contribution is -0.119. The van der Waals surface area contributed by atoms with Crippen molar-refractivity contribution in [1.29, 1.82) is 0 Å². The van der Waals surface area contributed by atoms with Gasteiger partial charge in [-0.1, -0.05) is 77.3 Å². The van der Waals surface area contributed by atoms with E-state index in [0.29, 0.717) is 22.4 Å². The minimum atomic E-state index is -2.30. The van der Waals surface area contributed by atoms with Crippen molar-refractivity contribution in [2.45, 2.75) is 10.0 Å². The van der Waals surface area contributed by atoms with Crippen molar-refractivity contribution in [2.75, 3.05) is 4.90 Å². The Kier molecular flexibility index (Phi) is 4.10. The third-order valence-corrected chi connectivity index (χ3v) is 4.07. The largest absolute Gasteiger partial charge is 0.366 e. The fourth-order valence-electron chi connectivity index (χ4n) is 2.59. The Labute approximate surface area is 147 Å². The minimum absolute atomic E-state index is 0.298. The fourth-order valence-corrected chi connectivity index (χ4v) is 2.86. The van der Waals surface area contributed by atoms with Gasteiger partial charge in [-0.2, -0.15) is 0 Å². The molecule has 2 aromatic rings. The summed E-state index contributed by atoms with van der Waals surface area (Å²) in [5.74, 6) is -1.64.